The summed E-state index contributed by atoms with van der Waals surface area (Å²) >= 11 is 0. The minimum Gasteiger partial charge on any atom is -0.341 e. The van der Waals surface area contributed by atoms with Gasteiger partial charge in [-0.25, -0.2) is 0 Å². The molecule has 0 spiro atoms. The summed E-state index contributed by atoms with van der Waals surface area (Å²) in [5.74, 6) is 1.19. The van der Waals surface area contributed by atoms with Gasteiger partial charge in [-0.1, -0.05) is 158 Å². The zero-order chi connectivity index (χ0) is 41.3. The van der Waals surface area contributed by atoms with E-state index in [1.54, 1.807) is 11.1 Å². The molecule has 1 fully saturated rings. The average molecular weight is 790 g/mol. The molecule has 61 heavy (non-hydrogen) atoms. The second kappa shape index (κ2) is 16.9. The van der Waals surface area contributed by atoms with Crippen molar-refractivity contribution in [3.05, 3.63) is 221 Å². The maximum atomic E-state index is 3.63. The van der Waals surface area contributed by atoms with Gasteiger partial charge in [0.25, 0.3) is 0 Å². The number of benzene rings is 9. The van der Waals surface area contributed by atoms with Crippen LogP contribution in [0.4, 0.5) is 0 Å². The van der Waals surface area contributed by atoms with Gasteiger partial charge < -0.3 is 4.57 Å². The molecule has 300 valence electrons. The van der Waals surface area contributed by atoms with Gasteiger partial charge >= 0.3 is 0 Å². The van der Waals surface area contributed by atoms with E-state index in [2.05, 4.69) is 165 Å². The van der Waals surface area contributed by atoms with Crippen LogP contribution >= 0.6 is 0 Å². The largest absolute Gasteiger partial charge is 0.341 e. The molecule has 1 aromatic heterocycles. The van der Waals surface area contributed by atoms with Crippen molar-refractivity contribution in [3.63, 3.8) is 0 Å². The monoisotopic (exact) mass is 789 g/mol. The van der Waals surface area contributed by atoms with Crippen molar-refractivity contribution >= 4 is 60.2 Å². The molecule has 1 atom stereocenters. The van der Waals surface area contributed by atoms with Gasteiger partial charge in [-0.05, 0) is 172 Å². The first kappa shape index (κ1) is 38.7. The Morgan fingerprint density at radius 3 is 1.85 bits per heavy atom. The van der Waals surface area contributed by atoms with E-state index in [0.29, 0.717) is 5.92 Å². The second-order valence-corrected chi connectivity index (χ2v) is 17.4. The number of aromatic nitrogens is 1. The summed E-state index contributed by atoms with van der Waals surface area (Å²) in [6, 6.07) is 63.5. The van der Waals surface area contributed by atoms with E-state index >= 15 is 0 Å². The molecule has 0 amide bonds. The molecule has 0 radical (unpaired) electrons. The van der Waals surface area contributed by atoms with Crippen molar-refractivity contribution in [2.45, 2.75) is 77.2 Å². The predicted octanol–water partition coefficient (Wildman–Crippen LogP) is 16.0. The fraction of sp³-hybridized carbons (Fsp3) is 0.200. The molecule has 1 heterocycles. The van der Waals surface area contributed by atoms with E-state index in [-0.39, 0.29) is 0 Å². The third kappa shape index (κ3) is 7.75. The van der Waals surface area contributed by atoms with Crippen molar-refractivity contribution in [2.75, 3.05) is 0 Å². The third-order valence-corrected chi connectivity index (χ3v) is 13.5. The SMILES string of the molecule is C=Cc1ccccc1.CCn1c2ccc(CCc3cccc(C)c3C3CC3)cc2c2cc(CCC(Cc3ccccc3)c3ccc4ccc5cccc6ccc3c4c56)ccc21. The smallest absolute Gasteiger partial charge is 0.0491 e. The standard InChI is InChI=1S/C52H47N.C8H8/c1-3-53-48-29-17-36(15-19-38-12-7-9-34(2)50(38)41-22-23-41)32-46(48)47-33-37(18-30-49(47)53)16-20-43(31-35-10-5-4-6-11-35)44-27-25-42-24-21-39-13-8-14-40-26-28-45(44)52(42)51(39)40;1-2-8-6-4-3-5-7-8/h4-14,17-18,21,24-30,32-33,41,43H,3,15-16,19-20,22-23,31H2,1-2H3;2-7H,1H2. The van der Waals surface area contributed by atoms with Crippen molar-refractivity contribution in [1.29, 1.82) is 0 Å². The fourth-order valence-electron chi connectivity index (χ4n) is 10.4. The highest BCUT2D eigenvalue weighted by Gasteiger charge is 2.27. The Morgan fingerprint density at radius 1 is 0.574 bits per heavy atom. The van der Waals surface area contributed by atoms with Crippen molar-refractivity contribution in [1.82, 2.24) is 4.57 Å². The highest BCUT2D eigenvalue weighted by atomic mass is 15.0. The molecule has 0 saturated heterocycles. The number of nitrogens with zero attached hydrogens (tertiary/aromatic N) is 1. The van der Waals surface area contributed by atoms with Crippen molar-refractivity contribution in [2.24, 2.45) is 0 Å². The van der Waals surface area contributed by atoms with Gasteiger partial charge in [0.15, 0.2) is 0 Å². The summed E-state index contributed by atoms with van der Waals surface area (Å²) in [7, 11) is 0. The van der Waals surface area contributed by atoms with E-state index in [1.807, 2.05) is 36.4 Å². The Hall–Kier alpha value is -6.44. The molecule has 11 rings (SSSR count). The Kier molecular flexibility index (Phi) is 10.7. The molecule has 1 unspecified atom stereocenters. The maximum absolute atomic E-state index is 3.63. The summed E-state index contributed by atoms with van der Waals surface area (Å²) in [5.41, 5.74) is 14.3. The van der Waals surface area contributed by atoms with E-state index in [1.165, 1.54) is 100 Å². The normalized spacial score (nSPS) is 13.3. The highest BCUT2D eigenvalue weighted by molar-refractivity contribution is 6.23. The van der Waals surface area contributed by atoms with E-state index in [4.69, 9.17) is 0 Å². The molecule has 0 bridgehead atoms. The van der Waals surface area contributed by atoms with Crippen LogP contribution in [0.3, 0.4) is 0 Å². The topological polar surface area (TPSA) is 4.93 Å². The lowest BCUT2D eigenvalue weighted by molar-refractivity contribution is 0.625. The summed E-state index contributed by atoms with van der Waals surface area (Å²) in [6.07, 6.45) is 9.92. The Morgan fingerprint density at radius 2 is 1.20 bits per heavy atom. The van der Waals surface area contributed by atoms with Gasteiger partial charge in [0.1, 0.15) is 0 Å². The molecule has 1 saturated carbocycles. The van der Waals surface area contributed by atoms with Gasteiger partial charge in [0.2, 0.25) is 0 Å². The Balaban J connectivity index is 0.000000503. The van der Waals surface area contributed by atoms with Crippen LogP contribution in [-0.2, 0) is 32.2 Å². The maximum Gasteiger partial charge on any atom is 0.0491 e. The number of rotatable bonds is 12. The van der Waals surface area contributed by atoms with Gasteiger partial charge in [-0.3, -0.25) is 0 Å². The molecular formula is C60H55N. The molecule has 10 aromatic rings. The Labute approximate surface area is 361 Å². The number of aryl methyl sites for hydroxylation is 5. The summed E-state index contributed by atoms with van der Waals surface area (Å²) in [5, 5.41) is 11.0. The zero-order valence-electron chi connectivity index (χ0n) is 35.7. The van der Waals surface area contributed by atoms with Crippen LogP contribution in [-0.4, -0.2) is 4.57 Å². The molecular weight excluding hydrogens is 735 g/mol. The van der Waals surface area contributed by atoms with Gasteiger partial charge in [0, 0.05) is 28.4 Å². The van der Waals surface area contributed by atoms with Crippen LogP contribution in [0.2, 0.25) is 0 Å². The molecule has 1 nitrogen and oxygen atoms in total. The minimum atomic E-state index is 0.406. The summed E-state index contributed by atoms with van der Waals surface area (Å²) in [6.45, 7) is 9.19. The molecule has 1 aliphatic carbocycles. The predicted molar refractivity (Wildman–Crippen MR) is 264 cm³/mol. The first-order valence-electron chi connectivity index (χ1n) is 22.6. The van der Waals surface area contributed by atoms with Crippen molar-refractivity contribution < 1.29 is 0 Å². The van der Waals surface area contributed by atoms with Crippen LogP contribution in [0.25, 0.3) is 60.2 Å². The van der Waals surface area contributed by atoms with Gasteiger partial charge in [-0.15, -0.1) is 0 Å². The molecule has 1 aliphatic rings. The quantitative estimate of drug-likeness (QED) is 0.109. The first-order valence-corrected chi connectivity index (χ1v) is 22.6. The van der Waals surface area contributed by atoms with Gasteiger partial charge in [-0.2, -0.15) is 0 Å². The van der Waals surface area contributed by atoms with Gasteiger partial charge in [0.05, 0.1) is 0 Å². The number of hydrogen-bond acceptors (Lipinski definition) is 0. The van der Waals surface area contributed by atoms with Crippen LogP contribution < -0.4 is 0 Å². The molecule has 1 heteroatoms. The number of hydrogen-bond donors (Lipinski definition) is 0. The summed E-state index contributed by atoms with van der Waals surface area (Å²) in [4.78, 5) is 0. The zero-order valence-corrected chi connectivity index (χ0v) is 35.7. The van der Waals surface area contributed by atoms with Crippen molar-refractivity contribution in [3.8, 4) is 0 Å². The first-order chi connectivity index (χ1) is 30.1. The third-order valence-electron chi connectivity index (χ3n) is 13.5. The lowest BCUT2D eigenvalue weighted by Crippen LogP contribution is -2.06. The molecule has 0 aliphatic heterocycles. The fourth-order valence-corrected chi connectivity index (χ4v) is 10.4. The minimum absolute atomic E-state index is 0.406. The van der Waals surface area contributed by atoms with Crippen LogP contribution in [0.5, 0.6) is 0 Å². The molecule has 0 N–H and O–H groups in total. The van der Waals surface area contributed by atoms with Crippen LogP contribution in [0.1, 0.15) is 82.5 Å². The van der Waals surface area contributed by atoms with E-state index < -0.39 is 0 Å². The van der Waals surface area contributed by atoms with Crippen LogP contribution in [0, 0.1) is 6.92 Å². The lowest BCUT2D eigenvalue weighted by atomic mass is 9.82. The van der Waals surface area contributed by atoms with E-state index in [9.17, 15) is 0 Å². The van der Waals surface area contributed by atoms with E-state index in [0.717, 1.165) is 44.6 Å². The Bertz CT molecular complexity index is 3110. The van der Waals surface area contributed by atoms with Crippen LogP contribution in [0.15, 0.2) is 176 Å². The second-order valence-electron chi connectivity index (χ2n) is 17.4. The average Bonchev–Trinajstić information content (AvgIpc) is 4.11. The highest BCUT2D eigenvalue weighted by Crippen LogP contribution is 2.44. The summed E-state index contributed by atoms with van der Waals surface area (Å²) < 4.78 is 2.51. The number of fused-ring (bicyclic) bond motifs is 3. The lowest BCUT2D eigenvalue weighted by Gasteiger charge is -2.22. The molecule has 9 aromatic carbocycles.